The number of nitrogens with two attached hydrogens (primary N) is 1. The van der Waals surface area contributed by atoms with Crippen LogP contribution in [0.4, 0.5) is 0 Å². The summed E-state index contributed by atoms with van der Waals surface area (Å²) < 4.78 is 1.81. The van der Waals surface area contributed by atoms with E-state index in [4.69, 9.17) is 5.73 Å². The third kappa shape index (κ3) is 2.91. The van der Waals surface area contributed by atoms with Gasteiger partial charge >= 0.3 is 0 Å². The van der Waals surface area contributed by atoms with E-state index in [0.717, 1.165) is 37.3 Å². The van der Waals surface area contributed by atoms with Crippen LogP contribution in [-0.4, -0.2) is 58.2 Å². The summed E-state index contributed by atoms with van der Waals surface area (Å²) in [7, 11) is 2.20. The van der Waals surface area contributed by atoms with Gasteiger partial charge in [0, 0.05) is 43.8 Å². The van der Waals surface area contributed by atoms with Gasteiger partial charge < -0.3 is 5.73 Å². The fourth-order valence-corrected chi connectivity index (χ4v) is 4.31. The first-order valence-corrected chi connectivity index (χ1v) is 9.57. The van der Waals surface area contributed by atoms with Gasteiger partial charge in [-0.05, 0) is 36.4 Å². The highest BCUT2D eigenvalue weighted by Crippen LogP contribution is 2.27. The minimum absolute atomic E-state index is 0.451. The number of fused-ring (bicyclic) bond motifs is 2. The van der Waals surface area contributed by atoms with Crippen LogP contribution >= 0.6 is 0 Å². The number of hydrogen-bond acceptors (Lipinski definition) is 4. The summed E-state index contributed by atoms with van der Waals surface area (Å²) in [5.74, 6) is -0.456. The van der Waals surface area contributed by atoms with Crippen LogP contribution in [0.1, 0.15) is 15.9 Å². The second-order valence-corrected chi connectivity index (χ2v) is 7.75. The summed E-state index contributed by atoms with van der Waals surface area (Å²) in [6.45, 7) is 4.20. The Balaban J connectivity index is 1.35. The monoisotopic (exact) mass is 373 g/mol. The van der Waals surface area contributed by atoms with Gasteiger partial charge in [0.2, 0.25) is 0 Å². The van der Waals surface area contributed by atoms with Crippen molar-refractivity contribution in [2.75, 3.05) is 26.7 Å². The molecule has 0 radical (unpaired) electrons. The van der Waals surface area contributed by atoms with E-state index >= 15 is 0 Å². The minimum Gasteiger partial charge on any atom is -0.366 e. The fourth-order valence-electron chi connectivity index (χ4n) is 4.31. The third-order valence-electron chi connectivity index (χ3n) is 5.85. The number of benzene rings is 2. The summed E-state index contributed by atoms with van der Waals surface area (Å²) in [4.78, 5) is 16.5. The Labute approximate surface area is 163 Å². The molecule has 1 atom stereocenters. The Morgan fingerprint density at radius 1 is 1.21 bits per heavy atom. The molecule has 1 fully saturated rings. The molecular weight excluding hydrogens is 350 g/mol. The highest BCUT2D eigenvalue weighted by Gasteiger charge is 2.33. The Bertz CT molecular complexity index is 1080. The highest BCUT2D eigenvalue weighted by atomic mass is 16.1. The number of amides is 1. The SMILES string of the molecule is CN1CC=C2CN(Cc3ccc(-n4cc5cccc(C(N)=O)c5n4)cc3)CC21. The molecule has 1 unspecified atom stereocenters. The Morgan fingerprint density at radius 2 is 2.04 bits per heavy atom. The average Bonchev–Trinajstić information content (AvgIpc) is 3.37. The van der Waals surface area contributed by atoms with E-state index in [-0.39, 0.29) is 0 Å². The zero-order valence-corrected chi connectivity index (χ0v) is 15.9. The number of nitrogens with zero attached hydrogens (tertiary/aromatic N) is 4. The maximum absolute atomic E-state index is 11.6. The lowest BCUT2D eigenvalue weighted by atomic mass is 10.1. The first-order valence-electron chi connectivity index (χ1n) is 9.57. The number of likely N-dealkylation sites (tertiary alicyclic amines) is 1. The van der Waals surface area contributed by atoms with Crippen molar-refractivity contribution in [2.45, 2.75) is 12.6 Å². The molecule has 3 aromatic rings. The first kappa shape index (κ1) is 17.2. The summed E-state index contributed by atoms with van der Waals surface area (Å²) in [5.41, 5.74) is 10.4. The number of rotatable bonds is 4. The van der Waals surface area contributed by atoms with Gasteiger partial charge in [-0.1, -0.05) is 30.3 Å². The zero-order chi connectivity index (χ0) is 19.3. The molecule has 2 aliphatic heterocycles. The van der Waals surface area contributed by atoms with Gasteiger partial charge in [0.25, 0.3) is 5.91 Å². The molecule has 142 valence electrons. The van der Waals surface area contributed by atoms with Crippen molar-refractivity contribution in [1.29, 1.82) is 0 Å². The fraction of sp³-hybridized carbons (Fsp3) is 0.273. The first-order chi connectivity index (χ1) is 13.6. The van der Waals surface area contributed by atoms with Gasteiger partial charge in [0.15, 0.2) is 0 Å². The molecule has 2 aliphatic rings. The van der Waals surface area contributed by atoms with E-state index in [1.54, 1.807) is 16.3 Å². The molecule has 5 rings (SSSR count). The molecule has 0 bridgehead atoms. The molecule has 2 N–H and O–H groups in total. The second kappa shape index (κ2) is 6.58. The number of likely N-dealkylation sites (N-methyl/N-ethyl adjacent to an activating group) is 1. The van der Waals surface area contributed by atoms with Crippen molar-refractivity contribution in [3.63, 3.8) is 0 Å². The molecule has 1 amide bonds. The van der Waals surface area contributed by atoms with Gasteiger partial charge in [-0.25, -0.2) is 4.68 Å². The Hall–Kier alpha value is -2.96. The molecule has 0 aliphatic carbocycles. The van der Waals surface area contributed by atoms with Gasteiger partial charge in [0.1, 0.15) is 5.52 Å². The van der Waals surface area contributed by atoms with Crippen LogP contribution in [0, 0.1) is 0 Å². The summed E-state index contributed by atoms with van der Waals surface area (Å²) in [6, 6.07) is 14.5. The van der Waals surface area contributed by atoms with E-state index in [1.807, 2.05) is 18.3 Å². The molecule has 6 heteroatoms. The maximum Gasteiger partial charge on any atom is 0.250 e. The van der Waals surface area contributed by atoms with Gasteiger partial charge in [-0.3, -0.25) is 14.6 Å². The normalized spacial score (nSPS) is 19.9. The van der Waals surface area contributed by atoms with Crippen molar-refractivity contribution < 1.29 is 4.79 Å². The second-order valence-electron chi connectivity index (χ2n) is 7.75. The number of hydrogen-bond donors (Lipinski definition) is 1. The van der Waals surface area contributed by atoms with Gasteiger partial charge in [0.05, 0.1) is 11.3 Å². The van der Waals surface area contributed by atoms with E-state index in [0.29, 0.717) is 17.1 Å². The van der Waals surface area contributed by atoms with E-state index in [9.17, 15) is 4.79 Å². The Morgan fingerprint density at radius 3 is 2.79 bits per heavy atom. The largest absolute Gasteiger partial charge is 0.366 e. The van der Waals surface area contributed by atoms with E-state index in [2.05, 4.69) is 52.3 Å². The van der Waals surface area contributed by atoms with Crippen LogP contribution in [0.5, 0.6) is 0 Å². The third-order valence-corrected chi connectivity index (χ3v) is 5.85. The van der Waals surface area contributed by atoms with Crippen molar-refractivity contribution in [3.05, 3.63) is 71.4 Å². The lowest BCUT2D eigenvalue weighted by molar-refractivity contribution is 0.100. The van der Waals surface area contributed by atoms with Crippen molar-refractivity contribution >= 4 is 16.8 Å². The van der Waals surface area contributed by atoms with E-state index < -0.39 is 5.91 Å². The molecule has 0 saturated carbocycles. The van der Waals surface area contributed by atoms with Crippen LogP contribution in [0.25, 0.3) is 16.6 Å². The zero-order valence-electron chi connectivity index (χ0n) is 15.9. The lowest BCUT2D eigenvalue weighted by Gasteiger charge is -2.20. The molecule has 2 aromatic carbocycles. The van der Waals surface area contributed by atoms with Crippen LogP contribution in [0.2, 0.25) is 0 Å². The molecule has 28 heavy (non-hydrogen) atoms. The van der Waals surface area contributed by atoms with Crippen molar-refractivity contribution in [3.8, 4) is 5.69 Å². The van der Waals surface area contributed by atoms with E-state index in [1.165, 1.54) is 5.56 Å². The predicted octanol–water partition coefficient (Wildman–Crippen LogP) is 2.18. The van der Waals surface area contributed by atoms with Crippen molar-refractivity contribution in [1.82, 2.24) is 19.6 Å². The average molecular weight is 373 g/mol. The quantitative estimate of drug-likeness (QED) is 0.712. The predicted molar refractivity (Wildman–Crippen MR) is 109 cm³/mol. The molecule has 1 aromatic heterocycles. The van der Waals surface area contributed by atoms with Gasteiger partial charge in [-0.15, -0.1) is 0 Å². The summed E-state index contributed by atoms with van der Waals surface area (Å²) in [5, 5.41) is 5.48. The number of aromatic nitrogens is 2. The van der Waals surface area contributed by atoms with Crippen LogP contribution in [-0.2, 0) is 6.54 Å². The van der Waals surface area contributed by atoms with Crippen LogP contribution in [0.15, 0.2) is 60.3 Å². The molecule has 0 spiro atoms. The minimum atomic E-state index is -0.456. The van der Waals surface area contributed by atoms with Crippen LogP contribution in [0.3, 0.4) is 0 Å². The smallest absolute Gasteiger partial charge is 0.250 e. The topological polar surface area (TPSA) is 67.4 Å². The number of carbonyl (C=O) groups excluding carboxylic acids is 1. The molecule has 1 saturated heterocycles. The Kier molecular flexibility index (Phi) is 4.03. The summed E-state index contributed by atoms with van der Waals surface area (Å²) in [6.07, 6.45) is 4.30. The number of primary amides is 1. The molecule has 3 heterocycles. The lowest BCUT2D eigenvalue weighted by Crippen LogP contribution is -2.32. The van der Waals surface area contributed by atoms with Gasteiger partial charge in [-0.2, -0.15) is 5.10 Å². The highest BCUT2D eigenvalue weighted by molar-refractivity contribution is 6.04. The van der Waals surface area contributed by atoms with Crippen molar-refractivity contribution in [2.24, 2.45) is 5.73 Å². The molecular formula is C22H23N5O. The maximum atomic E-state index is 11.6. The molecule has 6 nitrogen and oxygen atoms in total. The summed E-state index contributed by atoms with van der Waals surface area (Å²) >= 11 is 0. The number of carbonyl (C=O) groups is 1. The standard InChI is InChI=1S/C22H23N5O/c1-25-10-9-16-12-26(14-20(16)25)11-15-5-7-18(8-6-15)27-13-17-3-2-4-19(22(23)28)21(17)24-27/h2-9,13,20H,10-12,14H2,1H3,(H2,23,28). The van der Waals surface area contributed by atoms with Crippen LogP contribution < -0.4 is 5.73 Å².